The molecule has 3 aliphatic rings. The number of nitrogens with zero attached hydrogens (tertiary/aromatic N) is 6. The van der Waals surface area contributed by atoms with Crippen LogP contribution in [0.3, 0.4) is 0 Å². The minimum atomic E-state index is 0.288. The predicted octanol–water partition coefficient (Wildman–Crippen LogP) is 2.79. The lowest BCUT2D eigenvalue weighted by atomic mass is 9.89. The zero-order valence-electron chi connectivity index (χ0n) is 16.0. The van der Waals surface area contributed by atoms with Crippen LogP contribution in [0.1, 0.15) is 85.9 Å². The molecule has 1 aliphatic heterocycles. The predicted molar refractivity (Wildman–Crippen MR) is 97.1 cm³/mol. The summed E-state index contributed by atoms with van der Waals surface area (Å²) in [6.45, 7) is 1.84. The van der Waals surface area contributed by atoms with Crippen molar-refractivity contribution in [1.82, 2.24) is 30.2 Å². The minimum Gasteiger partial charge on any atom is -0.339 e. The van der Waals surface area contributed by atoms with E-state index in [0.717, 1.165) is 56.9 Å². The maximum Gasteiger partial charge on any atom is 0.230 e. The van der Waals surface area contributed by atoms with E-state index in [9.17, 15) is 0 Å². The van der Waals surface area contributed by atoms with Crippen molar-refractivity contribution in [2.75, 3.05) is 20.2 Å². The summed E-state index contributed by atoms with van der Waals surface area (Å²) in [4.78, 5) is 10.1. The molecule has 1 saturated heterocycles. The molecule has 146 valence electrons. The third kappa shape index (κ3) is 3.29. The van der Waals surface area contributed by atoms with Crippen LogP contribution in [0.15, 0.2) is 4.52 Å². The number of fused-ring (bicyclic) bond motifs is 1. The van der Waals surface area contributed by atoms with Crippen molar-refractivity contribution < 1.29 is 9.36 Å². The highest BCUT2D eigenvalue weighted by Gasteiger charge is 2.32. The fourth-order valence-electron chi connectivity index (χ4n) is 4.93. The van der Waals surface area contributed by atoms with Gasteiger partial charge in [-0.2, -0.15) is 10.0 Å². The topological polar surface area (TPSA) is 82.1 Å². The molecule has 0 aromatic carbocycles. The second-order valence-electron chi connectivity index (χ2n) is 8.18. The van der Waals surface area contributed by atoms with Gasteiger partial charge < -0.3 is 9.36 Å². The summed E-state index contributed by atoms with van der Waals surface area (Å²) in [5, 5.41) is 15.3. The van der Waals surface area contributed by atoms with Crippen LogP contribution in [0.5, 0.6) is 0 Å². The van der Waals surface area contributed by atoms with Gasteiger partial charge in [0.25, 0.3) is 0 Å². The van der Waals surface area contributed by atoms with Crippen LogP contribution >= 0.6 is 0 Å². The monoisotopic (exact) mass is 372 g/mol. The number of rotatable bonds is 4. The second-order valence-corrected chi connectivity index (χ2v) is 8.18. The maximum atomic E-state index is 5.71. The van der Waals surface area contributed by atoms with Gasteiger partial charge in [0.1, 0.15) is 0 Å². The first-order valence-electron chi connectivity index (χ1n) is 10.4. The first-order valence-corrected chi connectivity index (χ1v) is 10.4. The Morgan fingerprint density at radius 3 is 2.63 bits per heavy atom. The molecule has 0 radical (unpaired) electrons. The summed E-state index contributed by atoms with van der Waals surface area (Å²) in [6.07, 6.45) is 9.98. The van der Waals surface area contributed by atoms with Crippen molar-refractivity contribution in [3.05, 3.63) is 23.1 Å². The number of aromatic nitrogens is 5. The lowest BCUT2D eigenvalue weighted by Gasteiger charge is -2.28. The van der Waals surface area contributed by atoms with E-state index in [-0.39, 0.29) is 5.92 Å². The lowest BCUT2D eigenvalue weighted by molar-refractivity contribution is -0.144. The summed E-state index contributed by atoms with van der Waals surface area (Å²) in [7, 11) is 1.73. The fraction of sp³-hybridized carbons (Fsp3) is 0.789. The average molecular weight is 372 g/mol. The van der Waals surface area contributed by atoms with Crippen LogP contribution in [0.2, 0.25) is 0 Å². The van der Waals surface area contributed by atoms with Gasteiger partial charge >= 0.3 is 0 Å². The molecule has 1 saturated carbocycles. The maximum absolute atomic E-state index is 5.71. The van der Waals surface area contributed by atoms with Crippen LogP contribution < -0.4 is 0 Å². The quantitative estimate of drug-likeness (QED) is 0.816. The Morgan fingerprint density at radius 2 is 1.85 bits per heavy atom. The number of aryl methyl sites for hydroxylation is 1. The second kappa shape index (κ2) is 7.31. The van der Waals surface area contributed by atoms with Gasteiger partial charge in [-0.25, -0.2) is 4.68 Å². The third-order valence-electron chi connectivity index (χ3n) is 6.60. The van der Waals surface area contributed by atoms with Gasteiger partial charge in [0, 0.05) is 31.3 Å². The van der Waals surface area contributed by atoms with Gasteiger partial charge in [0.05, 0.1) is 24.5 Å². The highest BCUT2D eigenvalue weighted by molar-refractivity contribution is 5.19. The highest BCUT2D eigenvalue weighted by atomic mass is 16.7. The molecule has 0 amide bonds. The zero-order chi connectivity index (χ0) is 18.2. The van der Waals surface area contributed by atoms with Crippen molar-refractivity contribution in [3.8, 4) is 0 Å². The lowest BCUT2D eigenvalue weighted by Crippen LogP contribution is -2.32. The number of hydrogen-bond donors (Lipinski definition) is 0. The summed E-state index contributed by atoms with van der Waals surface area (Å²) in [5.74, 6) is 2.33. The van der Waals surface area contributed by atoms with Crippen molar-refractivity contribution in [2.24, 2.45) is 0 Å². The van der Waals surface area contributed by atoms with E-state index >= 15 is 0 Å². The van der Waals surface area contributed by atoms with E-state index < -0.39 is 0 Å². The molecule has 1 atom stereocenters. The van der Waals surface area contributed by atoms with E-state index in [2.05, 4.69) is 20.2 Å². The van der Waals surface area contributed by atoms with E-state index in [1.54, 1.807) is 7.11 Å². The number of piperidine rings is 1. The van der Waals surface area contributed by atoms with E-state index in [1.807, 2.05) is 5.06 Å². The number of hydroxylamine groups is 2. The highest BCUT2D eigenvalue weighted by Crippen LogP contribution is 2.36. The summed E-state index contributed by atoms with van der Waals surface area (Å²) < 4.78 is 7.91. The first kappa shape index (κ1) is 17.3. The van der Waals surface area contributed by atoms with Gasteiger partial charge in [-0.1, -0.05) is 23.2 Å². The van der Waals surface area contributed by atoms with Crippen LogP contribution in [-0.2, 0) is 17.7 Å². The van der Waals surface area contributed by atoms with Crippen LogP contribution in [-0.4, -0.2) is 50.4 Å². The van der Waals surface area contributed by atoms with E-state index in [4.69, 9.17) is 14.3 Å². The molecular weight excluding hydrogens is 344 g/mol. The van der Waals surface area contributed by atoms with Crippen LogP contribution in [0.4, 0.5) is 0 Å². The van der Waals surface area contributed by atoms with Crippen LogP contribution in [0, 0.1) is 0 Å². The molecule has 5 rings (SSSR count). The van der Waals surface area contributed by atoms with Gasteiger partial charge in [-0.3, -0.25) is 0 Å². The Hall–Kier alpha value is -1.80. The van der Waals surface area contributed by atoms with E-state index in [1.165, 1.54) is 37.1 Å². The molecule has 0 spiro atoms. The summed E-state index contributed by atoms with van der Waals surface area (Å²) >= 11 is 0. The van der Waals surface area contributed by atoms with Crippen molar-refractivity contribution in [1.29, 1.82) is 0 Å². The smallest absolute Gasteiger partial charge is 0.230 e. The molecule has 8 nitrogen and oxygen atoms in total. The van der Waals surface area contributed by atoms with Crippen LogP contribution in [0.25, 0.3) is 0 Å². The SMILES string of the molecule is CON1CCC(c2noc(C3CCc4nnn(C5CCCC5)c4C3)n2)CC1. The van der Waals surface area contributed by atoms with Crippen molar-refractivity contribution in [3.63, 3.8) is 0 Å². The Labute approximate surface area is 159 Å². The Morgan fingerprint density at radius 1 is 1.04 bits per heavy atom. The van der Waals surface area contributed by atoms with Gasteiger partial charge in [0.15, 0.2) is 5.82 Å². The molecule has 2 fully saturated rings. The molecule has 2 aromatic rings. The van der Waals surface area contributed by atoms with Gasteiger partial charge in [0.2, 0.25) is 5.89 Å². The average Bonchev–Trinajstić information content (AvgIpc) is 3.47. The molecule has 0 N–H and O–H groups in total. The first-order chi connectivity index (χ1) is 13.3. The summed E-state index contributed by atoms with van der Waals surface area (Å²) in [6, 6.07) is 0.532. The van der Waals surface area contributed by atoms with Gasteiger partial charge in [-0.15, -0.1) is 5.10 Å². The Kier molecular flexibility index (Phi) is 4.69. The minimum absolute atomic E-state index is 0.288. The fourth-order valence-corrected chi connectivity index (χ4v) is 4.93. The molecule has 2 aromatic heterocycles. The molecule has 3 heterocycles. The molecular formula is C19H28N6O2. The zero-order valence-corrected chi connectivity index (χ0v) is 16.0. The molecule has 8 heteroatoms. The molecule has 1 unspecified atom stereocenters. The van der Waals surface area contributed by atoms with Crippen molar-refractivity contribution >= 4 is 0 Å². The molecule has 0 bridgehead atoms. The number of hydrogen-bond acceptors (Lipinski definition) is 7. The third-order valence-corrected chi connectivity index (χ3v) is 6.60. The van der Waals surface area contributed by atoms with Crippen molar-refractivity contribution in [2.45, 2.75) is 75.7 Å². The Bertz CT molecular complexity index is 773. The summed E-state index contributed by atoms with van der Waals surface area (Å²) in [5.41, 5.74) is 2.47. The van der Waals surface area contributed by atoms with Gasteiger partial charge in [-0.05, 0) is 38.5 Å². The van der Waals surface area contributed by atoms with E-state index in [0.29, 0.717) is 12.0 Å². The standard InChI is InChI=1S/C19H28N6O2/c1-26-24-10-8-13(9-11-24)18-20-19(27-22-18)14-6-7-16-17(12-14)25(23-21-16)15-4-2-3-5-15/h13-15H,2-12H2,1H3. The Balaban J connectivity index is 1.30. The largest absolute Gasteiger partial charge is 0.339 e. The normalized spacial score (nSPS) is 25.1. The molecule has 2 aliphatic carbocycles. The molecule has 27 heavy (non-hydrogen) atoms.